The number of hydrogen-bond acceptors (Lipinski definition) is 7. The Morgan fingerprint density at radius 3 is 2.19 bits per heavy atom. The van der Waals surface area contributed by atoms with Gasteiger partial charge in [0.2, 0.25) is 0 Å². The van der Waals surface area contributed by atoms with E-state index in [9.17, 15) is 14.7 Å². The molecule has 0 aliphatic carbocycles. The molecule has 1 atom stereocenters. The first-order valence-corrected chi connectivity index (χ1v) is 10.2. The van der Waals surface area contributed by atoms with E-state index in [1.54, 1.807) is 77.4 Å². The van der Waals surface area contributed by atoms with Crippen LogP contribution >= 0.6 is 0 Å². The van der Waals surface area contributed by atoms with E-state index in [4.69, 9.17) is 18.9 Å². The Bertz CT molecular complexity index is 919. The number of carbonyl (C=O) groups excluding carboxylic acids is 2. The van der Waals surface area contributed by atoms with Gasteiger partial charge in [0.15, 0.2) is 0 Å². The van der Waals surface area contributed by atoms with Gasteiger partial charge in [0.05, 0.1) is 33.3 Å². The van der Waals surface area contributed by atoms with Crippen LogP contribution in [0.15, 0.2) is 42.5 Å². The predicted molar refractivity (Wildman–Crippen MR) is 119 cm³/mol. The molecular formula is C24H31NO7. The molecule has 1 unspecified atom stereocenters. The molecule has 0 fully saturated rings. The molecular weight excluding hydrogens is 414 g/mol. The minimum Gasteiger partial charge on any atom is -0.497 e. The van der Waals surface area contributed by atoms with Gasteiger partial charge in [0.25, 0.3) is 0 Å². The number of nitrogens with zero attached hydrogens (tertiary/aromatic N) is 1. The van der Waals surface area contributed by atoms with Gasteiger partial charge in [-0.2, -0.15) is 0 Å². The smallest absolute Gasteiger partial charge is 0.410 e. The summed E-state index contributed by atoms with van der Waals surface area (Å²) in [6.45, 7) is 5.39. The number of benzene rings is 2. The summed E-state index contributed by atoms with van der Waals surface area (Å²) in [5.74, 6) is 1.06. The number of esters is 1. The summed E-state index contributed by atoms with van der Waals surface area (Å²) in [6, 6.07) is 11.7. The molecule has 174 valence electrons. The van der Waals surface area contributed by atoms with Crippen LogP contribution in [-0.2, 0) is 16.0 Å². The Morgan fingerprint density at radius 1 is 1.00 bits per heavy atom. The van der Waals surface area contributed by atoms with Crippen LogP contribution in [0.3, 0.4) is 0 Å². The lowest BCUT2D eigenvalue weighted by Crippen LogP contribution is -2.36. The quantitative estimate of drug-likeness (QED) is 0.488. The summed E-state index contributed by atoms with van der Waals surface area (Å²) in [5, 5.41) is 10.4. The van der Waals surface area contributed by atoms with Gasteiger partial charge < -0.3 is 29.0 Å². The number of amides is 1. The Balaban J connectivity index is 1.96. The van der Waals surface area contributed by atoms with Crippen molar-refractivity contribution in [1.82, 2.24) is 4.90 Å². The molecule has 2 aromatic carbocycles. The number of aliphatic hydroxyl groups excluding tert-OH is 1. The number of ether oxygens (including phenoxy) is 4. The van der Waals surface area contributed by atoms with E-state index >= 15 is 0 Å². The highest BCUT2D eigenvalue weighted by molar-refractivity contribution is 5.76. The number of carbonyl (C=O) groups is 2. The minimum absolute atomic E-state index is 0.00539. The molecule has 8 nitrogen and oxygen atoms in total. The fourth-order valence-electron chi connectivity index (χ4n) is 2.88. The molecule has 2 aromatic rings. The third-order valence-electron chi connectivity index (χ3n) is 4.47. The van der Waals surface area contributed by atoms with Crippen molar-refractivity contribution < 1.29 is 33.6 Å². The highest BCUT2D eigenvalue weighted by Crippen LogP contribution is 2.25. The lowest BCUT2D eigenvalue weighted by Gasteiger charge is -2.26. The molecule has 0 aliphatic heterocycles. The van der Waals surface area contributed by atoms with Crippen molar-refractivity contribution in [2.45, 2.75) is 38.9 Å². The third-order valence-corrected chi connectivity index (χ3v) is 4.47. The molecule has 0 spiro atoms. The van der Waals surface area contributed by atoms with Crippen LogP contribution in [0.4, 0.5) is 4.79 Å². The molecule has 0 bridgehead atoms. The monoisotopic (exact) mass is 445 g/mol. The van der Waals surface area contributed by atoms with Crippen molar-refractivity contribution >= 4 is 12.1 Å². The van der Waals surface area contributed by atoms with Crippen molar-refractivity contribution in [3.05, 3.63) is 53.6 Å². The summed E-state index contributed by atoms with van der Waals surface area (Å²) in [5.41, 5.74) is 0.611. The lowest BCUT2D eigenvalue weighted by molar-refractivity contribution is -0.133. The molecule has 8 heteroatoms. The summed E-state index contributed by atoms with van der Waals surface area (Å²) in [6.07, 6.45) is -1.43. The lowest BCUT2D eigenvalue weighted by atomic mass is 10.1. The molecule has 0 saturated carbocycles. The molecule has 0 heterocycles. The highest BCUT2D eigenvalue weighted by atomic mass is 16.6. The van der Waals surface area contributed by atoms with Crippen LogP contribution in [0.25, 0.3) is 0 Å². The number of hydrogen-bond donors (Lipinski definition) is 1. The van der Waals surface area contributed by atoms with Gasteiger partial charge in [-0.1, -0.05) is 12.1 Å². The van der Waals surface area contributed by atoms with Gasteiger partial charge in [0.1, 0.15) is 22.8 Å². The van der Waals surface area contributed by atoms with Gasteiger partial charge >= 0.3 is 12.1 Å². The Hall–Kier alpha value is -3.26. The highest BCUT2D eigenvalue weighted by Gasteiger charge is 2.22. The van der Waals surface area contributed by atoms with Gasteiger partial charge in [-0.15, -0.1) is 0 Å². The van der Waals surface area contributed by atoms with E-state index in [0.29, 0.717) is 28.4 Å². The molecule has 0 saturated heterocycles. The van der Waals surface area contributed by atoms with Crippen molar-refractivity contribution in [1.29, 1.82) is 0 Å². The van der Waals surface area contributed by atoms with Crippen LogP contribution in [-0.4, -0.2) is 55.5 Å². The number of rotatable bonds is 8. The van der Waals surface area contributed by atoms with Gasteiger partial charge in [-0.05, 0) is 56.7 Å². The second kappa shape index (κ2) is 10.9. The van der Waals surface area contributed by atoms with Crippen molar-refractivity contribution in [3.63, 3.8) is 0 Å². The fraction of sp³-hybridized carbons (Fsp3) is 0.417. The first-order chi connectivity index (χ1) is 15.0. The Labute approximate surface area is 188 Å². The van der Waals surface area contributed by atoms with E-state index in [0.717, 1.165) is 0 Å². The summed E-state index contributed by atoms with van der Waals surface area (Å²) in [7, 11) is 4.63. The maximum atomic E-state index is 12.4. The van der Waals surface area contributed by atoms with Gasteiger partial charge in [0, 0.05) is 12.6 Å². The molecule has 2 rings (SSSR count). The molecule has 0 radical (unpaired) electrons. The van der Waals surface area contributed by atoms with Crippen LogP contribution in [0.1, 0.15) is 38.0 Å². The molecule has 1 amide bonds. The number of aliphatic hydroxyl groups is 1. The minimum atomic E-state index is -0.918. The summed E-state index contributed by atoms with van der Waals surface area (Å²) >= 11 is 0. The van der Waals surface area contributed by atoms with E-state index in [-0.39, 0.29) is 13.0 Å². The third kappa shape index (κ3) is 7.46. The zero-order chi connectivity index (χ0) is 23.9. The van der Waals surface area contributed by atoms with E-state index in [2.05, 4.69) is 0 Å². The second-order valence-corrected chi connectivity index (χ2v) is 8.27. The first kappa shape index (κ1) is 25.0. The van der Waals surface area contributed by atoms with E-state index in [1.165, 1.54) is 12.0 Å². The fourth-order valence-corrected chi connectivity index (χ4v) is 2.88. The summed E-state index contributed by atoms with van der Waals surface area (Å²) < 4.78 is 21.2. The topological polar surface area (TPSA) is 94.5 Å². The number of methoxy groups -OCH3 is 2. The van der Waals surface area contributed by atoms with Crippen LogP contribution < -0.4 is 14.2 Å². The number of likely N-dealkylation sites (N-methyl/N-ethyl adjacent to an activating group) is 1. The normalized spacial score (nSPS) is 12.0. The zero-order valence-electron chi connectivity index (χ0n) is 19.4. The van der Waals surface area contributed by atoms with Crippen molar-refractivity contribution in [2.75, 3.05) is 27.8 Å². The van der Waals surface area contributed by atoms with Crippen LogP contribution in [0.5, 0.6) is 17.2 Å². The Morgan fingerprint density at radius 2 is 1.62 bits per heavy atom. The standard InChI is InChI=1S/C24H31NO7/c1-24(2,3)32-23(28)25(4)15-20(26)16-7-9-18(10-8-16)31-22(27)14-17-13-19(29-5)11-12-21(17)30-6/h7-13,20,26H,14-15H2,1-6H3. The van der Waals surface area contributed by atoms with Crippen molar-refractivity contribution in [3.8, 4) is 17.2 Å². The molecule has 32 heavy (non-hydrogen) atoms. The van der Waals surface area contributed by atoms with E-state index in [1.807, 2.05) is 0 Å². The molecule has 0 aliphatic rings. The molecule has 0 aromatic heterocycles. The largest absolute Gasteiger partial charge is 0.497 e. The van der Waals surface area contributed by atoms with Crippen LogP contribution in [0.2, 0.25) is 0 Å². The SMILES string of the molecule is COc1ccc(OC)c(CC(=O)Oc2ccc(C(O)CN(C)C(=O)OC(C)(C)C)cc2)c1. The maximum absolute atomic E-state index is 12.4. The average molecular weight is 446 g/mol. The first-order valence-electron chi connectivity index (χ1n) is 10.2. The maximum Gasteiger partial charge on any atom is 0.410 e. The summed E-state index contributed by atoms with van der Waals surface area (Å²) in [4.78, 5) is 25.7. The molecule has 1 N–H and O–H groups in total. The van der Waals surface area contributed by atoms with Crippen LogP contribution in [0, 0.1) is 0 Å². The second-order valence-electron chi connectivity index (χ2n) is 8.27. The zero-order valence-corrected chi connectivity index (χ0v) is 19.4. The van der Waals surface area contributed by atoms with Gasteiger partial charge in [-0.25, -0.2) is 4.79 Å². The van der Waals surface area contributed by atoms with Crippen molar-refractivity contribution in [2.24, 2.45) is 0 Å². The average Bonchev–Trinajstić information content (AvgIpc) is 2.72. The van der Waals surface area contributed by atoms with Gasteiger partial charge in [-0.3, -0.25) is 4.79 Å². The van der Waals surface area contributed by atoms with E-state index < -0.39 is 23.8 Å². The predicted octanol–water partition coefficient (Wildman–Crippen LogP) is 3.75. The Kier molecular flexibility index (Phi) is 8.48.